The third-order valence-electron chi connectivity index (χ3n) is 5.66. The van der Waals surface area contributed by atoms with Crippen LogP contribution in [0.25, 0.3) is 10.2 Å². The fourth-order valence-electron chi connectivity index (χ4n) is 3.98. The largest absolute Gasteiger partial charge is 0.320 e. The van der Waals surface area contributed by atoms with Gasteiger partial charge in [0.05, 0.1) is 27.8 Å². The van der Waals surface area contributed by atoms with Crippen molar-refractivity contribution in [3.8, 4) is 0 Å². The topological polar surface area (TPSA) is 67.2 Å². The van der Waals surface area contributed by atoms with E-state index in [-0.39, 0.29) is 17.6 Å². The Morgan fingerprint density at radius 2 is 2.00 bits per heavy atom. The van der Waals surface area contributed by atoms with Crippen LogP contribution in [0, 0.1) is 12.7 Å². The van der Waals surface area contributed by atoms with E-state index in [1.807, 2.05) is 17.7 Å². The summed E-state index contributed by atoms with van der Waals surface area (Å²) in [7, 11) is 0. The molecule has 0 spiro atoms. The molecule has 2 aromatic heterocycles. The van der Waals surface area contributed by atoms with Gasteiger partial charge in [0, 0.05) is 24.0 Å². The molecule has 9 heteroatoms. The fourth-order valence-corrected chi connectivity index (χ4v) is 5.20. The third-order valence-corrected chi connectivity index (χ3v) is 7.14. The number of benzene rings is 2. The van der Waals surface area contributed by atoms with Crippen molar-refractivity contribution in [3.63, 3.8) is 0 Å². The van der Waals surface area contributed by atoms with Crippen LogP contribution in [-0.4, -0.2) is 28.1 Å². The standard InChI is InChI=1S/C24H20ClFN4O2S/c1-14-18-12-21(33-24(18)30(28-14)13-15-4-6-16(26)7-5-15)23(32)27-20-11-17(8-9-19(20)25)29-10-2-3-22(29)31/h4-9,11-12H,2-3,10,13H2,1H3,(H,27,32). The number of anilines is 2. The van der Waals surface area contributed by atoms with Gasteiger partial charge in [0.25, 0.3) is 5.91 Å². The first kappa shape index (κ1) is 21.6. The molecule has 0 unspecified atom stereocenters. The Bertz CT molecular complexity index is 1380. The van der Waals surface area contributed by atoms with Crippen LogP contribution in [0.4, 0.5) is 15.8 Å². The van der Waals surface area contributed by atoms with Crippen molar-refractivity contribution >= 4 is 56.3 Å². The van der Waals surface area contributed by atoms with Crippen molar-refractivity contribution in [1.29, 1.82) is 0 Å². The molecule has 3 heterocycles. The molecule has 2 aromatic carbocycles. The minimum atomic E-state index is -0.285. The van der Waals surface area contributed by atoms with E-state index in [0.717, 1.165) is 33.6 Å². The lowest BCUT2D eigenvalue weighted by atomic mass is 10.2. The molecule has 4 aromatic rings. The number of carbonyl (C=O) groups is 2. The van der Waals surface area contributed by atoms with Crippen molar-refractivity contribution in [2.45, 2.75) is 26.3 Å². The lowest BCUT2D eigenvalue weighted by molar-refractivity contribution is -0.117. The predicted octanol–water partition coefficient (Wildman–Crippen LogP) is 5.63. The first-order chi connectivity index (χ1) is 15.9. The number of nitrogens with one attached hydrogen (secondary N) is 1. The number of nitrogens with zero attached hydrogens (tertiary/aromatic N) is 3. The summed E-state index contributed by atoms with van der Waals surface area (Å²) in [4.78, 5) is 28.2. The zero-order valence-electron chi connectivity index (χ0n) is 17.8. The lowest BCUT2D eigenvalue weighted by Crippen LogP contribution is -2.23. The molecule has 0 atom stereocenters. The van der Waals surface area contributed by atoms with E-state index in [1.54, 1.807) is 35.2 Å². The maximum Gasteiger partial charge on any atom is 0.265 e. The number of thiophene rings is 1. The number of aryl methyl sites for hydroxylation is 1. The molecule has 1 N–H and O–H groups in total. The van der Waals surface area contributed by atoms with Crippen LogP contribution in [0.5, 0.6) is 0 Å². The first-order valence-corrected chi connectivity index (χ1v) is 11.7. The van der Waals surface area contributed by atoms with Gasteiger partial charge in [-0.2, -0.15) is 5.10 Å². The number of halogens is 2. The molecule has 0 aliphatic carbocycles. The molecule has 5 rings (SSSR count). The van der Waals surface area contributed by atoms with Gasteiger partial charge in [-0.25, -0.2) is 4.39 Å². The Kier molecular flexibility index (Phi) is 5.64. The number of hydrogen-bond donors (Lipinski definition) is 1. The normalized spacial score (nSPS) is 13.8. The quantitative estimate of drug-likeness (QED) is 0.401. The summed E-state index contributed by atoms with van der Waals surface area (Å²) in [5.41, 5.74) is 2.91. The van der Waals surface area contributed by atoms with Gasteiger partial charge in [-0.1, -0.05) is 23.7 Å². The number of amides is 2. The van der Waals surface area contributed by atoms with Gasteiger partial charge < -0.3 is 10.2 Å². The van der Waals surface area contributed by atoms with Crippen molar-refractivity contribution < 1.29 is 14.0 Å². The van der Waals surface area contributed by atoms with E-state index in [4.69, 9.17) is 11.6 Å². The highest BCUT2D eigenvalue weighted by Crippen LogP contribution is 2.33. The van der Waals surface area contributed by atoms with E-state index >= 15 is 0 Å². The Morgan fingerprint density at radius 1 is 1.21 bits per heavy atom. The van der Waals surface area contributed by atoms with Gasteiger partial charge >= 0.3 is 0 Å². The first-order valence-electron chi connectivity index (χ1n) is 10.5. The number of fused-ring (bicyclic) bond motifs is 1. The van der Waals surface area contributed by atoms with Crippen LogP contribution in [0.15, 0.2) is 48.5 Å². The van der Waals surface area contributed by atoms with Gasteiger partial charge in [0.1, 0.15) is 10.6 Å². The van der Waals surface area contributed by atoms with Gasteiger partial charge in [-0.15, -0.1) is 11.3 Å². The maximum atomic E-state index is 13.2. The van der Waals surface area contributed by atoms with Crippen molar-refractivity contribution in [1.82, 2.24) is 9.78 Å². The summed E-state index contributed by atoms with van der Waals surface area (Å²) in [6.07, 6.45) is 1.35. The molecule has 33 heavy (non-hydrogen) atoms. The molecule has 6 nitrogen and oxygen atoms in total. The van der Waals surface area contributed by atoms with E-state index in [2.05, 4.69) is 10.4 Å². The molecular formula is C24H20ClFN4O2S. The predicted molar refractivity (Wildman–Crippen MR) is 129 cm³/mol. The average Bonchev–Trinajstić information content (AvgIpc) is 3.49. The van der Waals surface area contributed by atoms with Gasteiger partial charge in [0.15, 0.2) is 0 Å². The Hall–Kier alpha value is -3.23. The summed E-state index contributed by atoms with van der Waals surface area (Å²) >= 11 is 7.66. The number of carbonyl (C=O) groups excluding carboxylic acids is 2. The molecule has 0 saturated carbocycles. The summed E-state index contributed by atoms with van der Waals surface area (Å²) in [6.45, 7) is 3.03. The summed E-state index contributed by atoms with van der Waals surface area (Å²) in [6, 6.07) is 13.3. The Morgan fingerprint density at radius 3 is 2.73 bits per heavy atom. The summed E-state index contributed by atoms with van der Waals surface area (Å²) in [5.74, 6) is -0.497. The minimum absolute atomic E-state index is 0.0697. The molecule has 1 aliphatic heterocycles. The van der Waals surface area contributed by atoms with E-state index < -0.39 is 0 Å². The molecule has 1 aliphatic rings. The third kappa shape index (κ3) is 4.24. The second-order valence-corrected chi connectivity index (χ2v) is 9.40. The van der Waals surface area contributed by atoms with E-state index in [9.17, 15) is 14.0 Å². The van der Waals surface area contributed by atoms with Crippen LogP contribution >= 0.6 is 22.9 Å². The van der Waals surface area contributed by atoms with Crippen LogP contribution in [-0.2, 0) is 11.3 Å². The average molecular weight is 483 g/mol. The van der Waals surface area contributed by atoms with Crippen LogP contribution < -0.4 is 10.2 Å². The second-order valence-electron chi connectivity index (χ2n) is 7.97. The van der Waals surface area contributed by atoms with Crippen LogP contribution in [0.2, 0.25) is 5.02 Å². The molecule has 2 amide bonds. The van der Waals surface area contributed by atoms with Crippen molar-refractivity contribution in [3.05, 3.63) is 75.5 Å². The highest BCUT2D eigenvalue weighted by Gasteiger charge is 2.23. The van der Waals surface area contributed by atoms with Gasteiger partial charge in [0.2, 0.25) is 5.91 Å². The van der Waals surface area contributed by atoms with Gasteiger partial charge in [-0.3, -0.25) is 14.3 Å². The fraction of sp³-hybridized carbons (Fsp3) is 0.208. The van der Waals surface area contributed by atoms with Crippen molar-refractivity contribution in [2.75, 3.05) is 16.8 Å². The Labute approximate surface area is 198 Å². The van der Waals surface area contributed by atoms with E-state index in [0.29, 0.717) is 35.1 Å². The SMILES string of the molecule is Cc1nn(Cc2ccc(F)cc2)c2sc(C(=O)Nc3cc(N4CCCC4=O)ccc3Cl)cc12. The number of aromatic nitrogens is 2. The second kappa shape index (κ2) is 8.61. The number of hydrogen-bond acceptors (Lipinski definition) is 4. The molecule has 168 valence electrons. The molecule has 0 bridgehead atoms. The highest BCUT2D eigenvalue weighted by molar-refractivity contribution is 7.20. The van der Waals surface area contributed by atoms with Crippen LogP contribution in [0.1, 0.15) is 33.8 Å². The maximum absolute atomic E-state index is 13.2. The number of rotatable bonds is 5. The van der Waals surface area contributed by atoms with Crippen molar-refractivity contribution in [2.24, 2.45) is 0 Å². The minimum Gasteiger partial charge on any atom is -0.320 e. The lowest BCUT2D eigenvalue weighted by Gasteiger charge is -2.17. The zero-order valence-corrected chi connectivity index (χ0v) is 19.3. The van der Waals surface area contributed by atoms with Crippen LogP contribution in [0.3, 0.4) is 0 Å². The van der Waals surface area contributed by atoms with Gasteiger partial charge in [-0.05, 0) is 55.3 Å². The zero-order chi connectivity index (χ0) is 23.1. The smallest absolute Gasteiger partial charge is 0.265 e. The summed E-state index contributed by atoms with van der Waals surface area (Å²) in [5, 5.41) is 8.75. The molecule has 1 fully saturated rings. The molecule has 1 saturated heterocycles. The Balaban J connectivity index is 1.40. The summed E-state index contributed by atoms with van der Waals surface area (Å²) < 4.78 is 15.0. The van der Waals surface area contributed by atoms with E-state index in [1.165, 1.54) is 23.5 Å². The monoisotopic (exact) mass is 482 g/mol. The molecule has 0 radical (unpaired) electrons. The molecular weight excluding hydrogens is 463 g/mol. The highest BCUT2D eigenvalue weighted by atomic mass is 35.5.